The fourth-order valence-corrected chi connectivity index (χ4v) is 3.20. The van der Waals surface area contributed by atoms with Gasteiger partial charge in [0, 0.05) is 37.4 Å². The second kappa shape index (κ2) is 31.5. The van der Waals surface area contributed by atoms with Gasteiger partial charge in [-0.25, -0.2) is 9.18 Å². The molecule has 14 heteroatoms. The van der Waals surface area contributed by atoms with Crippen LogP contribution in [-0.4, -0.2) is 115 Å². The van der Waals surface area contributed by atoms with Gasteiger partial charge in [-0.3, -0.25) is 4.79 Å². The molecule has 13 nitrogen and oxygen atoms in total. The van der Waals surface area contributed by atoms with E-state index in [1.807, 2.05) is 20.0 Å². The van der Waals surface area contributed by atoms with E-state index in [2.05, 4.69) is 34.4 Å². The van der Waals surface area contributed by atoms with Crippen molar-refractivity contribution in [3.05, 3.63) is 36.5 Å². The van der Waals surface area contributed by atoms with Gasteiger partial charge < -0.3 is 55.8 Å². The summed E-state index contributed by atoms with van der Waals surface area (Å²) in [5, 5.41) is 20.3. The zero-order chi connectivity index (χ0) is 33.4. The molecule has 0 aliphatic carbocycles. The number of unbranched alkanes of at least 4 members (excludes halogenated alkanes) is 1. The summed E-state index contributed by atoms with van der Waals surface area (Å²) >= 11 is 0. The van der Waals surface area contributed by atoms with Crippen LogP contribution in [0.4, 0.5) is 4.39 Å². The van der Waals surface area contributed by atoms with Crippen molar-refractivity contribution in [3.63, 3.8) is 0 Å². The molecule has 0 radical (unpaired) electrons. The molecule has 0 rings (SSSR count). The zero-order valence-corrected chi connectivity index (χ0v) is 26.8. The number of carbonyl (C=O) groups is 3. The molecule has 0 saturated heterocycles. The number of allylic oxidation sites excluding steroid dienone is 2. The van der Waals surface area contributed by atoms with Gasteiger partial charge in [-0.05, 0) is 46.6 Å². The average Bonchev–Trinajstić information content (AvgIpc) is 2.98. The van der Waals surface area contributed by atoms with E-state index in [1.54, 1.807) is 6.92 Å². The van der Waals surface area contributed by atoms with Crippen molar-refractivity contribution < 1.29 is 42.8 Å². The van der Waals surface area contributed by atoms with E-state index in [0.29, 0.717) is 84.2 Å². The molecule has 0 aromatic carbocycles. The van der Waals surface area contributed by atoms with E-state index in [-0.39, 0.29) is 18.9 Å². The van der Waals surface area contributed by atoms with E-state index in [0.717, 1.165) is 25.1 Å². The summed E-state index contributed by atoms with van der Waals surface area (Å²) in [7, 11) is 1.89. The van der Waals surface area contributed by atoms with Crippen LogP contribution >= 0.6 is 0 Å². The highest BCUT2D eigenvalue weighted by Crippen LogP contribution is 2.06. The number of likely N-dealkylation sites (N-methyl/N-ethyl adjacent to an activating group) is 1. The minimum absolute atomic E-state index is 0.0128. The Hall–Kier alpha value is -2.88. The second-order valence-electron chi connectivity index (χ2n) is 9.63. The summed E-state index contributed by atoms with van der Waals surface area (Å²) in [5.74, 6) is -1.65. The fraction of sp³-hybridized carbons (Fsp3) is 0.700. The Morgan fingerprint density at radius 3 is 2.07 bits per heavy atom. The van der Waals surface area contributed by atoms with Crippen molar-refractivity contribution >= 4 is 18.2 Å². The van der Waals surface area contributed by atoms with Gasteiger partial charge in [0.05, 0.1) is 52.3 Å². The van der Waals surface area contributed by atoms with Crippen LogP contribution in [0.15, 0.2) is 36.5 Å². The van der Waals surface area contributed by atoms with Crippen LogP contribution in [0.3, 0.4) is 0 Å². The van der Waals surface area contributed by atoms with E-state index in [9.17, 15) is 18.8 Å². The molecule has 0 bridgehead atoms. The van der Waals surface area contributed by atoms with E-state index in [1.165, 1.54) is 0 Å². The smallest absolute Gasteiger partial charge is 0.326 e. The second-order valence-corrected chi connectivity index (χ2v) is 9.63. The van der Waals surface area contributed by atoms with Gasteiger partial charge in [-0.2, -0.15) is 0 Å². The molecular weight excluding hydrogens is 577 g/mol. The van der Waals surface area contributed by atoms with Crippen molar-refractivity contribution in [2.75, 3.05) is 79.5 Å². The summed E-state index contributed by atoms with van der Waals surface area (Å²) in [4.78, 5) is 32.1. The zero-order valence-electron chi connectivity index (χ0n) is 26.8. The SMILES string of the molecule is C=C(C)N[C@@H](CCC=O)C(=O)O.C=C(F)[C@@H](N)CCCCNC(=O)COCCOCCN/C(=C\C)COCCOCCNC. The molecule has 0 heterocycles. The molecule has 0 aromatic heterocycles. The Kier molecular flexibility index (Phi) is 31.0. The summed E-state index contributed by atoms with van der Waals surface area (Å²) in [6, 6.07) is -1.33. The molecule has 0 spiro atoms. The normalized spacial score (nSPS) is 12.3. The van der Waals surface area contributed by atoms with Crippen LogP contribution < -0.4 is 27.0 Å². The lowest BCUT2D eigenvalue weighted by molar-refractivity contribution is -0.139. The number of carboxylic acid groups (broad SMARTS) is 1. The first-order valence-corrected chi connectivity index (χ1v) is 14.9. The average molecular weight is 634 g/mol. The third kappa shape index (κ3) is 30.6. The lowest BCUT2D eigenvalue weighted by atomic mass is 10.1. The summed E-state index contributed by atoms with van der Waals surface area (Å²) in [5.41, 5.74) is 7.12. The monoisotopic (exact) mass is 633 g/mol. The van der Waals surface area contributed by atoms with Crippen LogP contribution in [-0.2, 0) is 33.3 Å². The van der Waals surface area contributed by atoms with Crippen LogP contribution in [0.1, 0.15) is 46.0 Å². The van der Waals surface area contributed by atoms with Gasteiger partial charge in [-0.15, -0.1) is 0 Å². The van der Waals surface area contributed by atoms with Gasteiger partial charge in [0.1, 0.15) is 24.8 Å². The number of carboxylic acids is 1. The Morgan fingerprint density at radius 1 is 0.909 bits per heavy atom. The molecule has 0 aromatic rings. The molecule has 1 amide bonds. The van der Waals surface area contributed by atoms with E-state index < -0.39 is 23.9 Å². The highest BCUT2D eigenvalue weighted by molar-refractivity contribution is 5.77. The standard InChI is InChI=1S/C22H43FN4O5.C8H13NO3/c1-4-20(17-31-15-13-29-11-9-25-3)26-10-12-30-14-16-32-18-22(28)27-8-6-5-7-21(24)19(2)23;1-6(2)9-7(8(11)12)4-3-5-10/h4,21,25-26H,2,5-18,24H2,1,3H3,(H,27,28);5,7,9H,1,3-4H2,2H3,(H,11,12)/b20-4-;/t21-;7-/m00/s1. The lowest BCUT2D eigenvalue weighted by Gasteiger charge is -2.13. The van der Waals surface area contributed by atoms with Crippen LogP contribution in [0.25, 0.3) is 0 Å². The highest BCUT2D eigenvalue weighted by Gasteiger charge is 2.15. The van der Waals surface area contributed by atoms with Gasteiger partial charge in [0.25, 0.3) is 0 Å². The Labute approximate surface area is 262 Å². The predicted molar refractivity (Wildman–Crippen MR) is 169 cm³/mol. The molecule has 7 N–H and O–H groups in total. The maximum atomic E-state index is 12.7. The van der Waals surface area contributed by atoms with Crippen molar-refractivity contribution in [3.8, 4) is 0 Å². The summed E-state index contributed by atoms with van der Waals surface area (Å²) < 4.78 is 34.4. The van der Waals surface area contributed by atoms with Crippen LogP contribution in [0.5, 0.6) is 0 Å². The molecule has 44 heavy (non-hydrogen) atoms. The topological polar surface area (TPSA) is 182 Å². The molecule has 0 fully saturated rings. The maximum absolute atomic E-state index is 12.7. The van der Waals surface area contributed by atoms with Gasteiger partial charge in [-0.1, -0.05) is 19.2 Å². The Morgan fingerprint density at radius 2 is 1.52 bits per heavy atom. The quantitative estimate of drug-likeness (QED) is 0.0515. The molecular formula is C30H56FN5O8. The van der Waals surface area contributed by atoms with E-state index >= 15 is 0 Å². The first kappa shape index (κ1) is 43.2. The number of hydrogen-bond donors (Lipinski definition) is 6. The minimum atomic E-state index is -0.958. The largest absolute Gasteiger partial charge is 0.480 e. The molecule has 0 aliphatic rings. The number of aldehydes is 1. The minimum Gasteiger partial charge on any atom is -0.480 e. The number of aliphatic carboxylic acids is 1. The van der Waals surface area contributed by atoms with Crippen LogP contribution in [0.2, 0.25) is 0 Å². The number of ether oxygens (including phenoxy) is 4. The highest BCUT2D eigenvalue weighted by atomic mass is 19.1. The van der Waals surface area contributed by atoms with Crippen molar-refractivity contribution in [2.45, 2.75) is 58.0 Å². The Balaban J connectivity index is 0. The summed E-state index contributed by atoms with van der Waals surface area (Å²) in [6.07, 6.45) is 5.18. The van der Waals surface area contributed by atoms with Gasteiger partial charge >= 0.3 is 5.97 Å². The maximum Gasteiger partial charge on any atom is 0.326 e. The number of carbonyl (C=O) groups excluding carboxylic acids is 2. The molecule has 0 unspecified atom stereocenters. The van der Waals surface area contributed by atoms with Crippen molar-refractivity contribution in [2.24, 2.45) is 5.73 Å². The molecule has 0 aliphatic heterocycles. The van der Waals surface area contributed by atoms with Crippen LogP contribution in [0, 0.1) is 0 Å². The first-order valence-electron chi connectivity index (χ1n) is 14.9. The van der Waals surface area contributed by atoms with Crippen molar-refractivity contribution in [1.82, 2.24) is 21.3 Å². The third-order valence-corrected chi connectivity index (χ3v) is 5.64. The Bertz CT molecular complexity index is 816. The number of nitrogens with one attached hydrogen (secondary N) is 4. The number of hydrogen-bond acceptors (Lipinski definition) is 11. The summed E-state index contributed by atoms with van der Waals surface area (Å²) in [6.45, 7) is 15.9. The van der Waals surface area contributed by atoms with E-state index in [4.69, 9.17) is 29.8 Å². The third-order valence-electron chi connectivity index (χ3n) is 5.64. The predicted octanol–water partition coefficient (Wildman–Crippen LogP) is 1.40. The number of halogens is 1. The fourth-order valence-electron chi connectivity index (χ4n) is 3.20. The number of nitrogens with two attached hydrogens (primary N) is 1. The molecule has 2 atom stereocenters. The lowest BCUT2D eigenvalue weighted by Crippen LogP contribution is -2.35. The number of amides is 1. The van der Waals surface area contributed by atoms with Crippen molar-refractivity contribution in [1.29, 1.82) is 0 Å². The van der Waals surface area contributed by atoms with Gasteiger partial charge in [0.15, 0.2) is 0 Å². The molecule has 256 valence electrons. The first-order chi connectivity index (χ1) is 21.1. The van der Waals surface area contributed by atoms with Gasteiger partial charge in [0.2, 0.25) is 5.91 Å². The number of rotatable bonds is 29. The molecule has 0 saturated carbocycles.